The Balaban J connectivity index is 2.09. The summed E-state index contributed by atoms with van der Waals surface area (Å²) in [6.45, 7) is 4.45. The molecule has 2 heterocycles. The van der Waals surface area contributed by atoms with Gasteiger partial charge in [0.1, 0.15) is 0 Å². The molecule has 0 aromatic carbocycles. The first-order chi connectivity index (χ1) is 7.59. The van der Waals surface area contributed by atoms with Gasteiger partial charge in [0.15, 0.2) is 5.78 Å². The molecule has 1 aromatic heterocycles. The molecule has 0 radical (unpaired) electrons. The van der Waals surface area contributed by atoms with Crippen molar-refractivity contribution in [3.63, 3.8) is 0 Å². The first-order valence-corrected chi connectivity index (χ1v) is 8.80. The number of hydrogen-bond donors (Lipinski definition) is 0. The Hall–Kier alpha value is 0.550. The summed E-state index contributed by atoms with van der Waals surface area (Å²) >= 11 is 8.71. The van der Waals surface area contributed by atoms with Crippen LogP contribution in [-0.2, 0) is 0 Å². The van der Waals surface area contributed by atoms with Crippen LogP contribution in [0.25, 0.3) is 0 Å². The predicted molar refractivity (Wildman–Crippen MR) is 79.1 cm³/mol. The van der Waals surface area contributed by atoms with Gasteiger partial charge in [-0.15, -0.1) is 23.1 Å². The number of carbonyl (C=O) groups is 1. The molecule has 3 atom stereocenters. The third-order valence-electron chi connectivity index (χ3n) is 2.68. The first-order valence-electron chi connectivity index (χ1n) is 5.14. The summed E-state index contributed by atoms with van der Waals surface area (Å²) in [5, 5.41) is 3.31. The summed E-state index contributed by atoms with van der Waals surface area (Å²) in [5.74, 6) is 1.23. The molecule has 1 nitrogen and oxygen atoms in total. The highest BCUT2D eigenvalue weighted by atomic mass is 79.9. The molecule has 5 heteroatoms. The number of ketones is 1. The number of rotatable bonds is 2. The maximum atomic E-state index is 12.3. The van der Waals surface area contributed by atoms with Gasteiger partial charge in [0, 0.05) is 20.7 Å². The van der Waals surface area contributed by atoms with Gasteiger partial charge in [-0.05, 0) is 27.4 Å². The molecule has 0 saturated carbocycles. The van der Waals surface area contributed by atoms with Crippen molar-refractivity contribution in [2.45, 2.75) is 29.6 Å². The average Bonchev–Trinajstić information content (AvgIpc) is 2.67. The van der Waals surface area contributed by atoms with Crippen molar-refractivity contribution < 1.29 is 4.79 Å². The van der Waals surface area contributed by atoms with E-state index in [9.17, 15) is 4.79 Å². The van der Waals surface area contributed by atoms with Gasteiger partial charge in [0.05, 0.1) is 10.1 Å². The molecule has 1 aliphatic heterocycles. The zero-order chi connectivity index (χ0) is 11.7. The number of carbonyl (C=O) groups excluding carboxylic acids is 1. The zero-order valence-corrected chi connectivity index (χ0v) is 13.1. The van der Waals surface area contributed by atoms with Crippen LogP contribution < -0.4 is 0 Å². The lowest BCUT2D eigenvalue weighted by atomic mass is 10.2. The molecule has 1 aromatic rings. The van der Waals surface area contributed by atoms with E-state index < -0.39 is 0 Å². The summed E-state index contributed by atoms with van der Waals surface area (Å²) in [4.78, 5) is 13.2. The fourth-order valence-electron chi connectivity index (χ4n) is 1.54. The Kier molecular flexibility index (Phi) is 4.44. The second-order valence-electron chi connectivity index (χ2n) is 3.83. The largest absolute Gasteiger partial charge is 0.292 e. The molecule has 1 saturated heterocycles. The van der Waals surface area contributed by atoms with Crippen LogP contribution in [-0.4, -0.2) is 27.3 Å². The SMILES string of the molecule is CC1SCC(C(=O)c2sccc2Br)SC1C. The van der Waals surface area contributed by atoms with Gasteiger partial charge >= 0.3 is 0 Å². The Morgan fingerprint density at radius 2 is 2.19 bits per heavy atom. The van der Waals surface area contributed by atoms with Gasteiger partial charge in [-0.2, -0.15) is 11.8 Å². The quantitative estimate of drug-likeness (QED) is 0.748. The minimum atomic E-state index is 0.131. The predicted octanol–water partition coefficient (Wildman–Crippen LogP) is 4.32. The van der Waals surface area contributed by atoms with E-state index in [1.54, 1.807) is 0 Å². The molecule has 16 heavy (non-hydrogen) atoms. The molecule has 88 valence electrons. The second-order valence-corrected chi connectivity index (χ2v) is 8.60. The van der Waals surface area contributed by atoms with Crippen LogP contribution in [0.15, 0.2) is 15.9 Å². The lowest BCUT2D eigenvalue weighted by Gasteiger charge is -2.30. The van der Waals surface area contributed by atoms with E-state index in [0.717, 1.165) is 15.1 Å². The maximum Gasteiger partial charge on any atom is 0.187 e. The van der Waals surface area contributed by atoms with E-state index in [-0.39, 0.29) is 11.0 Å². The number of thiophene rings is 1. The van der Waals surface area contributed by atoms with Crippen molar-refractivity contribution in [3.05, 3.63) is 20.8 Å². The highest BCUT2D eigenvalue weighted by Gasteiger charge is 2.31. The molecule has 2 rings (SSSR count). The van der Waals surface area contributed by atoms with Gasteiger partial charge in [0.2, 0.25) is 0 Å². The monoisotopic (exact) mass is 336 g/mol. The van der Waals surface area contributed by atoms with Crippen LogP contribution in [0, 0.1) is 0 Å². The maximum absolute atomic E-state index is 12.3. The van der Waals surface area contributed by atoms with Gasteiger partial charge in [-0.1, -0.05) is 13.8 Å². The van der Waals surface area contributed by atoms with E-state index in [2.05, 4.69) is 29.8 Å². The number of thioether (sulfide) groups is 2. The molecule has 1 aliphatic rings. The van der Waals surface area contributed by atoms with E-state index in [1.165, 1.54) is 11.3 Å². The van der Waals surface area contributed by atoms with Crippen LogP contribution in [0.5, 0.6) is 0 Å². The molecule has 0 amide bonds. The van der Waals surface area contributed by atoms with Gasteiger partial charge in [0.25, 0.3) is 0 Å². The standard InChI is InChI=1S/C11H13BrOS3/c1-6-7(2)16-9(5-15-6)10(13)11-8(12)3-4-14-11/h3-4,6-7,9H,5H2,1-2H3. The van der Waals surface area contributed by atoms with Crippen molar-refractivity contribution in [1.82, 2.24) is 0 Å². The van der Waals surface area contributed by atoms with Crippen LogP contribution in [0.3, 0.4) is 0 Å². The van der Waals surface area contributed by atoms with Crippen molar-refractivity contribution >= 4 is 56.6 Å². The zero-order valence-electron chi connectivity index (χ0n) is 9.10. The topological polar surface area (TPSA) is 17.1 Å². The van der Waals surface area contributed by atoms with Crippen molar-refractivity contribution in [1.29, 1.82) is 0 Å². The summed E-state index contributed by atoms with van der Waals surface area (Å²) < 4.78 is 0.944. The van der Waals surface area contributed by atoms with Gasteiger partial charge in [-0.3, -0.25) is 4.79 Å². The summed E-state index contributed by atoms with van der Waals surface area (Å²) in [6.07, 6.45) is 0. The Morgan fingerprint density at radius 3 is 2.75 bits per heavy atom. The lowest BCUT2D eigenvalue weighted by Crippen LogP contribution is -2.31. The highest BCUT2D eigenvalue weighted by Crippen LogP contribution is 2.38. The first kappa shape index (κ1) is 13.0. The second kappa shape index (κ2) is 5.46. The lowest BCUT2D eigenvalue weighted by molar-refractivity contribution is 0.0998. The Morgan fingerprint density at radius 1 is 1.44 bits per heavy atom. The van der Waals surface area contributed by atoms with Crippen molar-refractivity contribution in [2.75, 3.05) is 5.75 Å². The number of halogens is 1. The third kappa shape index (κ3) is 2.68. The molecule has 1 fully saturated rings. The Labute approximate surface area is 117 Å². The van der Waals surface area contributed by atoms with Gasteiger partial charge < -0.3 is 0 Å². The number of Topliss-reactive ketones (excluding diaryl/α,β-unsaturated/α-hetero) is 1. The molecular weight excluding hydrogens is 324 g/mol. The van der Waals surface area contributed by atoms with Crippen molar-refractivity contribution in [2.24, 2.45) is 0 Å². The van der Waals surface area contributed by atoms with Crippen LogP contribution in [0.1, 0.15) is 23.5 Å². The van der Waals surface area contributed by atoms with E-state index in [1.807, 2.05) is 35.0 Å². The number of hydrogen-bond acceptors (Lipinski definition) is 4. The molecular formula is C11H13BrOS3. The fraction of sp³-hybridized carbons (Fsp3) is 0.545. The van der Waals surface area contributed by atoms with Crippen LogP contribution in [0.2, 0.25) is 0 Å². The molecule has 0 spiro atoms. The molecule has 3 unspecified atom stereocenters. The smallest absolute Gasteiger partial charge is 0.187 e. The van der Waals surface area contributed by atoms with E-state index >= 15 is 0 Å². The molecule has 0 N–H and O–H groups in total. The minimum absolute atomic E-state index is 0.131. The molecule has 0 aliphatic carbocycles. The minimum Gasteiger partial charge on any atom is -0.292 e. The van der Waals surface area contributed by atoms with Gasteiger partial charge in [-0.25, -0.2) is 0 Å². The third-order valence-corrected chi connectivity index (χ3v) is 7.93. The van der Waals surface area contributed by atoms with E-state index in [0.29, 0.717) is 10.5 Å². The van der Waals surface area contributed by atoms with Crippen LogP contribution >= 0.6 is 50.8 Å². The summed E-state index contributed by atoms with van der Waals surface area (Å²) in [6, 6.07) is 1.95. The highest BCUT2D eigenvalue weighted by molar-refractivity contribution is 9.10. The average molecular weight is 337 g/mol. The molecule has 0 bridgehead atoms. The summed E-state index contributed by atoms with van der Waals surface area (Å²) in [5.41, 5.74) is 0. The Bertz CT molecular complexity index is 390. The van der Waals surface area contributed by atoms with Crippen LogP contribution in [0.4, 0.5) is 0 Å². The fourth-order valence-corrected chi connectivity index (χ4v) is 6.03. The van der Waals surface area contributed by atoms with E-state index in [4.69, 9.17) is 0 Å². The summed E-state index contributed by atoms with van der Waals surface area (Å²) in [7, 11) is 0. The van der Waals surface area contributed by atoms with Crippen molar-refractivity contribution in [3.8, 4) is 0 Å². The normalized spacial score (nSPS) is 30.3.